The zero-order chi connectivity index (χ0) is 12.6. The van der Waals surface area contributed by atoms with Crippen molar-refractivity contribution in [2.24, 2.45) is 7.05 Å². The fourth-order valence-electron chi connectivity index (χ4n) is 1.60. The van der Waals surface area contributed by atoms with Gasteiger partial charge in [-0.2, -0.15) is 0 Å². The number of imidazole rings is 1. The Balaban J connectivity index is 2.66. The van der Waals surface area contributed by atoms with Crippen molar-refractivity contribution >= 4 is 17.1 Å². The number of aromatic nitrogens is 4. The van der Waals surface area contributed by atoms with E-state index >= 15 is 0 Å². The lowest BCUT2D eigenvalue weighted by Gasteiger charge is -2.05. The van der Waals surface area contributed by atoms with E-state index in [4.69, 9.17) is 5.11 Å². The van der Waals surface area contributed by atoms with Gasteiger partial charge in [-0.3, -0.25) is 18.7 Å². The summed E-state index contributed by atoms with van der Waals surface area (Å²) in [4.78, 5) is 40.6. The highest BCUT2D eigenvalue weighted by molar-refractivity contribution is 5.69. The van der Waals surface area contributed by atoms with Crippen LogP contribution in [0.2, 0.25) is 0 Å². The Morgan fingerprint density at radius 3 is 2.88 bits per heavy atom. The first kappa shape index (κ1) is 11.1. The van der Waals surface area contributed by atoms with Gasteiger partial charge in [-0.15, -0.1) is 0 Å². The molecular weight excluding hydrogens is 228 g/mol. The highest BCUT2D eigenvalue weighted by Crippen LogP contribution is 1.98. The Morgan fingerprint density at radius 2 is 2.24 bits per heavy atom. The number of carbonyl (C=O) groups is 1. The molecule has 2 aromatic heterocycles. The molecule has 2 aromatic rings. The smallest absolute Gasteiger partial charge is 0.332 e. The number of aliphatic carboxylic acids is 1. The minimum absolute atomic E-state index is 0.157. The maximum absolute atomic E-state index is 11.9. The third kappa shape index (κ3) is 1.73. The molecular formula is C9H10N4O4. The zero-order valence-corrected chi connectivity index (χ0v) is 9.01. The highest BCUT2D eigenvalue weighted by atomic mass is 16.4. The Labute approximate surface area is 94.1 Å². The van der Waals surface area contributed by atoms with Gasteiger partial charge >= 0.3 is 11.7 Å². The van der Waals surface area contributed by atoms with Crippen LogP contribution in [0.15, 0.2) is 15.9 Å². The molecule has 0 radical (unpaired) electrons. The van der Waals surface area contributed by atoms with Crippen LogP contribution in [-0.2, 0) is 18.4 Å². The molecule has 0 aliphatic heterocycles. The lowest BCUT2D eigenvalue weighted by Crippen LogP contribution is -2.39. The van der Waals surface area contributed by atoms with Crippen LogP contribution in [0.4, 0.5) is 0 Å². The number of aryl methyl sites for hydroxylation is 1. The van der Waals surface area contributed by atoms with Crippen molar-refractivity contribution in [1.82, 2.24) is 19.1 Å². The molecule has 0 atom stereocenters. The van der Waals surface area contributed by atoms with E-state index in [1.54, 1.807) is 0 Å². The van der Waals surface area contributed by atoms with Crippen LogP contribution in [-0.4, -0.2) is 30.2 Å². The molecule has 17 heavy (non-hydrogen) atoms. The van der Waals surface area contributed by atoms with Gasteiger partial charge in [0.25, 0.3) is 5.56 Å². The van der Waals surface area contributed by atoms with Gasteiger partial charge in [-0.05, 0) is 0 Å². The third-order valence-electron chi connectivity index (χ3n) is 2.46. The summed E-state index contributed by atoms with van der Waals surface area (Å²) >= 11 is 0. The van der Waals surface area contributed by atoms with E-state index in [0.717, 1.165) is 4.57 Å². The third-order valence-corrected chi connectivity index (χ3v) is 2.46. The molecule has 2 rings (SSSR count). The average molecular weight is 238 g/mol. The van der Waals surface area contributed by atoms with E-state index in [-0.39, 0.29) is 24.1 Å². The number of carboxylic acids is 1. The van der Waals surface area contributed by atoms with Crippen molar-refractivity contribution in [2.75, 3.05) is 0 Å². The Bertz CT molecular complexity index is 693. The van der Waals surface area contributed by atoms with E-state index in [2.05, 4.69) is 9.97 Å². The normalized spacial score (nSPS) is 10.9. The average Bonchev–Trinajstić information content (AvgIpc) is 2.75. The Morgan fingerprint density at radius 1 is 1.53 bits per heavy atom. The van der Waals surface area contributed by atoms with Gasteiger partial charge in [0.2, 0.25) is 0 Å². The van der Waals surface area contributed by atoms with Crippen molar-refractivity contribution < 1.29 is 9.90 Å². The molecule has 0 aliphatic carbocycles. The van der Waals surface area contributed by atoms with Crippen LogP contribution in [0.5, 0.6) is 0 Å². The van der Waals surface area contributed by atoms with Gasteiger partial charge in [0.1, 0.15) is 5.52 Å². The van der Waals surface area contributed by atoms with E-state index < -0.39 is 17.2 Å². The standard InChI is InChI=1S/C9H10N4O4/c1-12-7-6(10-4-11-7)8(16)13(9(12)17)3-2-5(14)15/h4H,2-3H2,1H3,(H,10,11)(H,14,15). The van der Waals surface area contributed by atoms with E-state index in [1.807, 2.05) is 0 Å². The van der Waals surface area contributed by atoms with Gasteiger partial charge in [0.05, 0.1) is 12.7 Å². The zero-order valence-electron chi connectivity index (χ0n) is 9.01. The van der Waals surface area contributed by atoms with Crippen LogP contribution >= 0.6 is 0 Å². The summed E-state index contributed by atoms with van der Waals surface area (Å²) < 4.78 is 2.09. The first-order valence-corrected chi connectivity index (χ1v) is 4.87. The number of hydrogen-bond donors (Lipinski definition) is 2. The summed E-state index contributed by atoms with van der Waals surface area (Å²) in [6, 6.07) is 0. The number of hydrogen-bond acceptors (Lipinski definition) is 4. The van der Waals surface area contributed by atoms with Gasteiger partial charge in [0, 0.05) is 13.6 Å². The quantitative estimate of drug-likeness (QED) is 0.705. The first-order valence-electron chi connectivity index (χ1n) is 4.87. The predicted octanol–water partition coefficient (Wildman–Crippen LogP) is -1.10. The van der Waals surface area contributed by atoms with Crippen LogP contribution < -0.4 is 11.2 Å². The molecule has 0 spiro atoms. The predicted molar refractivity (Wildman–Crippen MR) is 57.8 cm³/mol. The Hall–Kier alpha value is -2.38. The summed E-state index contributed by atoms with van der Waals surface area (Å²) in [5, 5.41) is 8.55. The summed E-state index contributed by atoms with van der Waals surface area (Å²) in [7, 11) is 1.47. The minimum atomic E-state index is -1.07. The number of fused-ring (bicyclic) bond motifs is 1. The van der Waals surface area contributed by atoms with Crippen LogP contribution in [0.3, 0.4) is 0 Å². The maximum atomic E-state index is 11.9. The van der Waals surface area contributed by atoms with Crippen molar-refractivity contribution in [3.63, 3.8) is 0 Å². The fourth-order valence-corrected chi connectivity index (χ4v) is 1.60. The summed E-state index contributed by atoms with van der Waals surface area (Å²) in [6.45, 7) is -0.157. The van der Waals surface area contributed by atoms with Gasteiger partial charge < -0.3 is 10.1 Å². The Kier molecular flexibility index (Phi) is 2.54. The molecule has 0 unspecified atom stereocenters. The van der Waals surface area contributed by atoms with Gasteiger partial charge in [0.15, 0.2) is 5.65 Å². The molecule has 8 nitrogen and oxygen atoms in total. The maximum Gasteiger partial charge on any atom is 0.332 e. The first-order chi connectivity index (χ1) is 8.02. The number of carboxylic acid groups (broad SMARTS) is 1. The van der Waals surface area contributed by atoms with Gasteiger partial charge in [-0.1, -0.05) is 0 Å². The number of aromatic amines is 1. The molecule has 0 amide bonds. The molecule has 90 valence electrons. The molecule has 0 saturated carbocycles. The van der Waals surface area contributed by atoms with E-state index in [0.29, 0.717) is 0 Å². The number of nitrogens with zero attached hydrogens (tertiary/aromatic N) is 3. The second kappa shape index (κ2) is 3.89. The molecule has 0 saturated heterocycles. The van der Waals surface area contributed by atoms with E-state index in [9.17, 15) is 14.4 Å². The van der Waals surface area contributed by atoms with Crippen molar-refractivity contribution in [1.29, 1.82) is 0 Å². The molecule has 2 N–H and O–H groups in total. The molecule has 0 fully saturated rings. The SMILES string of the molecule is Cn1c(=O)n(CCC(=O)O)c(=O)c2[nH]cnc21. The van der Waals surface area contributed by atoms with Crippen molar-refractivity contribution in [3.8, 4) is 0 Å². The van der Waals surface area contributed by atoms with Crippen LogP contribution in [0, 0.1) is 0 Å². The molecule has 0 aliphatic rings. The summed E-state index contributed by atoms with van der Waals surface area (Å²) in [5.41, 5.74) is -0.679. The molecule has 0 bridgehead atoms. The highest BCUT2D eigenvalue weighted by Gasteiger charge is 2.13. The van der Waals surface area contributed by atoms with Crippen LogP contribution in [0.1, 0.15) is 6.42 Å². The summed E-state index contributed by atoms with van der Waals surface area (Å²) in [6.07, 6.45) is 1.03. The lowest BCUT2D eigenvalue weighted by atomic mass is 10.4. The fraction of sp³-hybridized carbons (Fsp3) is 0.333. The number of nitrogens with one attached hydrogen (secondary N) is 1. The topological polar surface area (TPSA) is 110 Å². The van der Waals surface area contributed by atoms with Crippen LogP contribution in [0.25, 0.3) is 11.2 Å². The number of rotatable bonds is 3. The number of H-pyrrole nitrogens is 1. The second-order valence-corrected chi connectivity index (χ2v) is 3.54. The minimum Gasteiger partial charge on any atom is -0.481 e. The lowest BCUT2D eigenvalue weighted by molar-refractivity contribution is -0.137. The molecule has 2 heterocycles. The summed E-state index contributed by atoms with van der Waals surface area (Å²) in [5.74, 6) is -1.07. The monoisotopic (exact) mass is 238 g/mol. The second-order valence-electron chi connectivity index (χ2n) is 3.54. The molecule has 0 aromatic carbocycles. The van der Waals surface area contributed by atoms with Gasteiger partial charge in [-0.25, -0.2) is 9.78 Å². The van der Waals surface area contributed by atoms with E-state index in [1.165, 1.54) is 17.9 Å². The van der Waals surface area contributed by atoms with Crippen molar-refractivity contribution in [3.05, 3.63) is 27.2 Å². The molecule has 8 heteroatoms. The largest absolute Gasteiger partial charge is 0.481 e. The van der Waals surface area contributed by atoms with Crippen molar-refractivity contribution in [2.45, 2.75) is 13.0 Å².